The zero-order valence-corrected chi connectivity index (χ0v) is 10.6. The van der Waals surface area contributed by atoms with Crippen LogP contribution in [0.4, 0.5) is 0 Å². The third kappa shape index (κ3) is 4.40. The molecule has 3 atom stereocenters. The maximum atomic E-state index is 5.80. The zero-order valence-electron chi connectivity index (χ0n) is 10.6. The lowest BCUT2D eigenvalue weighted by Crippen LogP contribution is -2.38. The molecule has 1 aliphatic carbocycles. The summed E-state index contributed by atoms with van der Waals surface area (Å²) in [7, 11) is 0. The molecule has 1 saturated carbocycles. The molecular formula is C13H25NO2. The maximum Gasteiger partial charge on any atom is 0.0831 e. The molecule has 0 bridgehead atoms. The van der Waals surface area contributed by atoms with E-state index in [0.29, 0.717) is 18.2 Å². The quantitative estimate of drug-likeness (QED) is 0.721. The molecule has 0 aromatic rings. The fourth-order valence-corrected chi connectivity index (χ4v) is 2.38. The zero-order chi connectivity index (χ0) is 11.4. The number of hydrogen-bond acceptors (Lipinski definition) is 3. The average Bonchev–Trinajstić information content (AvgIpc) is 2.89. The van der Waals surface area contributed by atoms with Gasteiger partial charge in [0.2, 0.25) is 0 Å². The van der Waals surface area contributed by atoms with E-state index in [-0.39, 0.29) is 0 Å². The molecule has 2 aliphatic rings. The summed E-state index contributed by atoms with van der Waals surface area (Å²) in [5.41, 5.74) is 0. The Morgan fingerprint density at radius 3 is 2.69 bits per heavy atom. The van der Waals surface area contributed by atoms with Crippen LogP contribution in [0.1, 0.15) is 39.5 Å². The van der Waals surface area contributed by atoms with E-state index in [9.17, 15) is 0 Å². The summed E-state index contributed by atoms with van der Waals surface area (Å²) in [6, 6.07) is 1.08. The highest BCUT2D eigenvalue weighted by molar-refractivity contribution is 4.79. The molecule has 0 amide bonds. The van der Waals surface area contributed by atoms with Gasteiger partial charge in [-0.1, -0.05) is 12.8 Å². The van der Waals surface area contributed by atoms with Crippen LogP contribution in [0.3, 0.4) is 0 Å². The van der Waals surface area contributed by atoms with Crippen molar-refractivity contribution in [1.29, 1.82) is 0 Å². The van der Waals surface area contributed by atoms with Crippen molar-refractivity contribution in [3.05, 3.63) is 0 Å². The molecule has 3 unspecified atom stereocenters. The monoisotopic (exact) mass is 227 g/mol. The van der Waals surface area contributed by atoms with Crippen LogP contribution in [0.2, 0.25) is 0 Å². The summed E-state index contributed by atoms with van der Waals surface area (Å²) in [5, 5.41) is 3.61. The Kier molecular flexibility index (Phi) is 4.62. The average molecular weight is 227 g/mol. The Labute approximate surface area is 98.9 Å². The van der Waals surface area contributed by atoms with Crippen LogP contribution in [-0.2, 0) is 9.47 Å². The van der Waals surface area contributed by atoms with E-state index in [4.69, 9.17) is 9.47 Å². The third-order valence-corrected chi connectivity index (χ3v) is 3.42. The minimum absolute atomic E-state index is 0.336. The molecule has 3 nitrogen and oxygen atoms in total. The molecule has 16 heavy (non-hydrogen) atoms. The van der Waals surface area contributed by atoms with E-state index in [1.165, 1.54) is 19.3 Å². The summed E-state index contributed by atoms with van der Waals surface area (Å²) in [6.07, 6.45) is 5.61. The van der Waals surface area contributed by atoms with Crippen LogP contribution in [0.5, 0.6) is 0 Å². The molecule has 1 saturated heterocycles. The molecule has 0 radical (unpaired) electrons. The topological polar surface area (TPSA) is 30.5 Å². The van der Waals surface area contributed by atoms with Gasteiger partial charge in [-0.15, -0.1) is 0 Å². The second-order valence-corrected chi connectivity index (χ2v) is 5.47. The molecule has 2 rings (SSSR count). The molecule has 0 aromatic heterocycles. The van der Waals surface area contributed by atoms with Crippen molar-refractivity contribution in [1.82, 2.24) is 5.32 Å². The molecule has 1 heterocycles. The molecule has 0 aromatic carbocycles. The molecular weight excluding hydrogens is 202 g/mol. The lowest BCUT2D eigenvalue weighted by molar-refractivity contribution is 0.0309. The van der Waals surface area contributed by atoms with Crippen LogP contribution in [0.15, 0.2) is 0 Å². The number of hydrogen-bond donors (Lipinski definition) is 1. The second-order valence-electron chi connectivity index (χ2n) is 5.47. The Hall–Kier alpha value is -0.120. The van der Waals surface area contributed by atoms with Gasteiger partial charge in [0.1, 0.15) is 0 Å². The largest absolute Gasteiger partial charge is 0.379 e. The molecule has 94 valence electrons. The molecule has 1 aliphatic heterocycles. The van der Waals surface area contributed by atoms with Crippen molar-refractivity contribution in [3.63, 3.8) is 0 Å². The van der Waals surface area contributed by atoms with E-state index in [0.717, 1.165) is 32.2 Å². The van der Waals surface area contributed by atoms with Gasteiger partial charge >= 0.3 is 0 Å². The normalized spacial score (nSPS) is 29.2. The predicted octanol–water partition coefficient (Wildman–Crippen LogP) is 1.96. The van der Waals surface area contributed by atoms with Crippen LogP contribution in [0.25, 0.3) is 0 Å². The molecule has 2 fully saturated rings. The van der Waals surface area contributed by atoms with Crippen molar-refractivity contribution < 1.29 is 9.47 Å². The Morgan fingerprint density at radius 1 is 1.25 bits per heavy atom. The van der Waals surface area contributed by atoms with Gasteiger partial charge in [-0.2, -0.15) is 0 Å². The highest BCUT2D eigenvalue weighted by Gasteiger charge is 2.24. The smallest absolute Gasteiger partial charge is 0.0831 e. The van der Waals surface area contributed by atoms with E-state index >= 15 is 0 Å². The Bertz CT molecular complexity index is 200. The van der Waals surface area contributed by atoms with Crippen LogP contribution < -0.4 is 5.32 Å². The summed E-state index contributed by atoms with van der Waals surface area (Å²) >= 11 is 0. The third-order valence-electron chi connectivity index (χ3n) is 3.42. The van der Waals surface area contributed by atoms with Gasteiger partial charge in [0.05, 0.1) is 19.3 Å². The van der Waals surface area contributed by atoms with Gasteiger partial charge in [0.25, 0.3) is 0 Å². The fourth-order valence-electron chi connectivity index (χ4n) is 2.38. The molecule has 0 spiro atoms. The fraction of sp³-hybridized carbons (Fsp3) is 1.00. The van der Waals surface area contributed by atoms with Crippen molar-refractivity contribution in [2.75, 3.05) is 19.8 Å². The number of ether oxygens (including phenoxy) is 2. The first-order valence-corrected chi connectivity index (χ1v) is 6.69. The van der Waals surface area contributed by atoms with Crippen molar-refractivity contribution in [3.8, 4) is 0 Å². The van der Waals surface area contributed by atoms with Gasteiger partial charge in [-0.05, 0) is 32.6 Å². The predicted molar refractivity (Wildman–Crippen MR) is 64.6 cm³/mol. The summed E-state index contributed by atoms with van der Waals surface area (Å²) in [4.78, 5) is 0. The Morgan fingerprint density at radius 2 is 2.06 bits per heavy atom. The van der Waals surface area contributed by atoms with Gasteiger partial charge in [-0.25, -0.2) is 0 Å². The second kappa shape index (κ2) is 5.99. The molecule has 3 heteroatoms. The summed E-state index contributed by atoms with van der Waals surface area (Å²) < 4.78 is 11.1. The van der Waals surface area contributed by atoms with E-state index in [2.05, 4.69) is 19.2 Å². The van der Waals surface area contributed by atoms with Gasteiger partial charge in [-0.3, -0.25) is 0 Å². The first-order chi connectivity index (χ1) is 7.74. The molecule has 1 N–H and O–H groups in total. The Balaban J connectivity index is 1.53. The SMILES string of the molecule is CC(COC1CCOC1)NC(C)CC1CC1. The van der Waals surface area contributed by atoms with E-state index in [1.54, 1.807) is 0 Å². The summed E-state index contributed by atoms with van der Waals surface area (Å²) in [5.74, 6) is 0.999. The van der Waals surface area contributed by atoms with Crippen molar-refractivity contribution in [2.45, 2.75) is 57.7 Å². The first-order valence-electron chi connectivity index (χ1n) is 6.69. The van der Waals surface area contributed by atoms with Gasteiger partial charge in [0, 0.05) is 18.7 Å². The van der Waals surface area contributed by atoms with Crippen molar-refractivity contribution in [2.24, 2.45) is 5.92 Å². The van der Waals surface area contributed by atoms with Gasteiger partial charge in [0.15, 0.2) is 0 Å². The first kappa shape index (κ1) is 12.3. The highest BCUT2D eigenvalue weighted by Crippen LogP contribution is 2.33. The van der Waals surface area contributed by atoms with E-state index in [1.807, 2.05) is 0 Å². The lowest BCUT2D eigenvalue weighted by Gasteiger charge is -2.21. The van der Waals surface area contributed by atoms with E-state index < -0.39 is 0 Å². The van der Waals surface area contributed by atoms with Crippen molar-refractivity contribution >= 4 is 0 Å². The van der Waals surface area contributed by atoms with Crippen LogP contribution in [0, 0.1) is 5.92 Å². The number of nitrogens with one attached hydrogen (secondary N) is 1. The van der Waals surface area contributed by atoms with Crippen LogP contribution in [-0.4, -0.2) is 38.0 Å². The minimum Gasteiger partial charge on any atom is -0.379 e. The van der Waals surface area contributed by atoms with Gasteiger partial charge < -0.3 is 14.8 Å². The van der Waals surface area contributed by atoms with Crippen LogP contribution >= 0.6 is 0 Å². The highest BCUT2D eigenvalue weighted by atomic mass is 16.5. The summed E-state index contributed by atoms with van der Waals surface area (Å²) in [6.45, 7) is 6.95. The minimum atomic E-state index is 0.336. The lowest BCUT2D eigenvalue weighted by atomic mass is 10.1. The standard InChI is InChI=1S/C13H25NO2/c1-10(7-12-3-4-12)14-11(2)8-16-13-5-6-15-9-13/h10-14H,3-9H2,1-2H3. The number of rotatable bonds is 7. The maximum absolute atomic E-state index is 5.80.